The summed E-state index contributed by atoms with van der Waals surface area (Å²) in [6.45, 7) is 3.00. The van der Waals surface area contributed by atoms with E-state index in [-0.39, 0.29) is 11.9 Å². The van der Waals surface area contributed by atoms with Gasteiger partial charge in [0.1, 0.15) is 5.75 Å². The minimum absolute atomic E-state index is 0.199. The fraction of sp³-hybridized carbons (Fsp3) is 0.467. The normalized spacial score (nSPS) is 11.8. The first-order valence-electron chi connectivity index (χ1n) is 6.35. The average molecular weight is 276 g/mol. The van der Waals surface area contributed by atoms with Gasteiger partial charge in [0.2, 0.25) is 0 Å². The lowest BCUT2D eigenvalue weighted by Gasteiger charge is -2.21. The van der Waals surface area contributed by atoms with Crippen molar-refractivity contribution >= 4 is 5.97 Å². The average Bonchev–Trinajstić information content (AvgIpc) is 2.45. The number of carbonyl (C=O) groups is 1. The van der Waals surface area contributed by atoms with Gasteiger partial charge >= 0.3 is 5.97 Å². The topological polar surface area (TPSA) is 62.6 Å². The third kappa shape index (κ3) is 4.25. The van der Waals surface area contributed by atoms with Crippen LogP contribution in [0, 0.1) is 17.2 Å². The molecule has 5 nitrogen and oxygen atoms in total. The van der Waals surface area contributed by atoms with Crippen molar-refractivity contribution in [2.45, 2.75) is 13.5 Å². The molecule has 0 radical (unpaired) electrons. The smallest absolute Gasteiger partial charge is 0.309 e. The standard InChI is InChI=1S/C15H20N2O3/c1-11(15(18)20-4)9-17(2)10-13-7-12(8-16)5-6-14(13)19-3/h5-7,11H,9-10H2,1-4H3. The Morgan fingerprint density at radius 3 is 2.70 bits per heavy atom. The minimum Gasteiger partial charge on any atom is -0.496 e. The van der Waals surface area contributed by atoms with Crippen LogP contribution in [0.15, 0.2) is 18.2 Å². The molecule has 1 rings (SSSR count). The van der Waals surface area contributed by atoms with Crippen LogP contribution in [0.2, 0.25) is 0 Å². The van der Waals surface area contributed by atoms with Gasteiger partial charge in [-0.2, -0.15) is 5.26 Å². The highest BCUT2D eigenvalue weighted by Gasteiger charge is 2.16. The van der Waals surface area contributed by atoms with E-state index in [2.05, 4.69) is 6.07 Å². The Labute approximate surface area is 119 Å². The van der Waals surface area contributed by atoms with Crippen LogP contribution in [0.3, 0.4) is 0 Å². The molecule has 0 amide bonds. The van der Waals surface area contributed by atoms with Gasteiger partial charge in [-0.1, -0.05) is 6.92 Å². The summed E-state index contributed by atoms with van der Waals surface area (Å²) in [4.78, 5) is 13.4. The summed E-state index contributed by atoms with van der Waals surface area (Å²) in [6.07, 6.45) is 0. The number of methoxy groups -OCH3 is 2. The van der Waals surface area contributed by atoms with E-state index in [1.165, 1.54) is 7.11 Å². The Balaban J connectivity index is 2.77. The predicted molar refractivity (Wildman–Crippen MR) is 75.2 cm³/mol. The molecule has 1 unspecified atom stereocenters. The summed E-state index contributed by atoms with van der Waals surface area (Å²) >= 11 is 0. The monoisotopic (exact) mass is 276 g/mol. The number of carbonyl (C=O) groups excluding carboxylic acids is 1. The van der Waals surface area contributed by atoms with Gasteiger partial charge in [0, 0.05) is 18.7 Å². The predicted octanol–water partition coefficient (Wildman–Crippen LogP) is 1.81. The molecule has 0 aliphatic carbocycles. The highest BCUT2D eigenvalue weighted by molar-refractivity contribution is 5.72. The molecule has 1 aromatic carbocycles. The summed E-state index contributed by atoms with van der Waals surface area (Å²) in [5.74, 6) is 0.311. The van der Waals surface area contributed by atoms with E-state index in [1.54, 1.807) is 25.3 Å². The second kappa shape index (κ2) is 7.51. The fourth-order valence-corrected chi connectivity index (χ4v) is 2.07. The lowest BCUT2D eigenvalue weighted by molar-refractivity contribution is -0.145. The molecule has 0 spiro atoms. The SMILES string of the molecule is COC(=O)C(C)CN(C)Cc1cc(C#N)ccc1OC. The van der Waals surface area contributed by atoms with Crippen molar-refractivity contribution < 1.29 is 14.3 Å². The Morgan fingerprint density at radius 2 is 2.15 bits per heavy atom. The molecular formula is C15H20N2O3. The minimum atomic E-state index is -0.227. The first-order valence-corrected chi connectivity index (χ1v) is 6.35. The van der Waals surface area contributed by atoms with Crippen molar-refractivity contribution in [3.05, 3.63) is 29.3 Å². The maximum absolute atomic E-state index is 11.4. The van der Waals surface area contributed by atoms with E-state index in [1.807, 2.05) is 18.9 Å². The molecule has 0 aliphatic heterocycles. The molecule has 0 N–H and O–H groups in total. The first-order chi connectivity index (χ1) is 9.51. The van der Waals surface area contributed by atoms with Crippen LogP contribution in [-0.4, -0.2) is 38.7 Å². The number of ether oxygens (including phenoxy) is 2. The number of rotatable bonds is 6. The van der Waals surface area contributed by atoms with Crippen LogP contribution in [-0.2, 0) is 16.1 Å². The number of esters is 1. The zero-order valence-electron chi connectivity index (χ0n) is 12.3. The lowest BCUT2D eigenvalue weighted by Crippen LogP contribution is -2.29. The zero-order chi connectivity index (χ0) is 15.1. The summed E-state index contributed by atoms with van der Waals surface area (Å²) in [5.41, 5.74) is 1.52. The van der Waals surface area contributed by atoms with Crippen molar-refractivity contribution in [1.82, 2.24) is 4.90 Å². The molecule has 20 heavy (non-hydrogen) atoms. The van der Waals surface area contributed by atoms with Gasteiger partial charge in [0.05, 0.1) is 31.8 Å². The van der Waals surface area contributed by atoms with Crippen molar-refractivity contribution in [3.63, 3.8) is 0 Å². The number of benzene rings is 1. The summed E-state index contributed by atoms with van der Waals surface area (Å²) in [5, 5.41) is 8.94. The Morgan fingerprint density at radius 1 is 1.45 bits per heavy atom. The molecule has 108 valence electrons. The van der Waals surface area contributed by atoms with Crippen molar-refractivity contribution in [3.8, 4) is 11.8 Å². The summed E-state index contributed by atoms with van der Waals surface area (Å²) in [7, 11) is 4.90. The van der Waals surface area contributed by atoms with Crippen LogP contribution >= 0.6 is 0 Å². The van der Waals surface area contributed by atoms with Gasteiger partial charge in [-0.05, 0) is 25.2 Å². The number of hydrogen-bond acceptors (Lipinski definition) is 5. The lowest BCUT2D eigenvalue weighted by atomic mass is 10.1. The highest BCUT2D eigenvalue weighted by Crippen LogP contribution is 2.21. The van der Waals surface area contributed by atoms with E-state index < -0.39 is 0 Å². The molecule has 5 heteroatoms. The van der Waals surface area contributed by atoms with Gasteiger partial charge in [0.15, 0.2) is 0 Å². The third-order valence-corrected chi connectivity index (χ3v) is 3.04. The maximum atomic E-state index is 11.4. The van der Waals surface area contributed by atoms with E-state index in [9.17, 15) is 4.79 Å². The quantitative estimate of drug-likeness (QED) is 0.741. The second-order valence-electron chi connectivity index (χ2n) is 4.76. The van der Waals surface area contributed by atoms with Crippen LogP contribution in [0.4, 0.5) is 0 Å². The molecule has 0 saturated heterocycles. The van der Waals surface area contributed by atoms with Gasteiger partial charge in [-0.15, -0.1) is 0 Å². The Kier molecular flexibility index (Phi) is 6.01. The van der Waals surface area contributed by atoms with Gasteiger partial charge in [-0.25, -0.2) is 0 Å². The van der Waals surface area contributed by atoms with E-state index in [0.717, 1.165) is 11.3 Å². The van der Waals surface area contributed by atoms with Gasteiger partial charge in [0.25, 0.3) is 0 Å². The fourth-order valence-electron chi connectivity index (χ4n) is 2.07. The van der Waals surface area contributed by atoms with Crippen molar-refractivity contribution in [2.75, 3.05) is 27.8 Å². The molecule has 0 aliphatic rings. The highest BCUT2D eigenvalue weighted by atomic mass is 16.5. The molecule has 1 atom stereocenters. The van der Waals surface area contributed by atoms with Crippen LogP contribution in [0.5, 0.6) is 5.75 Å². The van der Waals surface area contributed by atoms with Gasteiger partial charge in [-0.3, -0.25) is 4.79 Å². The number of nitriles is 1. The third-order valence-electron chi connectivity index (χ3n) is 3.04. The summed E-state index contributed by atoms with van der Waals surface area (Å²) < 4.78 is 10.0. The Hall–Kier alpha value is -2.06. The molecule has 1 aromatic rings. The molecule has 0 fully saturated rings. The molecule has 0 saturated carbocycles. The van der Waals surface area contributed by atoms with E-state index in [4.69, 9.17) is 14.7 Å². The number of nitrogens with zero attached hydrogens (tertiary/aromatic N) is 2. The van der Waals surface area contributed by atoms with Gasteiger partial charge < -0.3 is 14.4 Å². The Bertz CT molecular complexity index is 508. The number of hydrogen-bond donors (Lipinski definition) is 0. The maximum Gasteiger partial charge on any atom is 0.309 e. The van der Waals surface area contributed by atoms with Crippen molar-refractivity contribution in [1.29, 1.82) is 5.26 Å². The van der Waals surface area contributed by atoms with Crippen LogP contribution in [0.1, 0.15) is 18.1 Å². The van der Waals surface area contributed by atoms with Crippen LogP contribution in [0.25, 0.3) is 0 Å². The largest absolute Gasteiger partial charge is 0.496 e. The molecule has 0 bridgehead atoms. The van der Waals surface area contributed by atoms with Crippen LogP contribution < -0.4 is 4.74 Å². The van der Waals surface area contributed by atoms with Crippen molar-refractivity contribution in [2.24, 2.45) is 5.92 Å². The first kappa shape index (κ1) is 16.0. The molecule has 0 heterocycles. The molecular weight excluding hydrogens is 256 g/mol. The van der Waals surface area contributed by atoms with E-state index in [0.29, 0.717) is 18.7 Å². The summed E-state index contributed by atoms with van der Waals surface area (Å²) in [6, 6.07) is 7.42. The molecule has 0 aromatic heterocycles. The zero-order valence-corrected chi connectivity index (χ0v) is 12.3. The van der Waals surface area contributed by atoms with E-state index >= 15 is 0 Å². The second-order valence-corrected chi connectivity index (χ2v) is 4.76.